The summed E-state index contributed by atoms with van der Waals surface area (Å²) in [5, 5.41) is 3.96. The Morgan fingerprint density at radius 3 is 2.29 bits per heavy atom. The number of nitrogens with zero attached hydrogens (tertiary/aromatic N) is 2. The van der Waals surface area contributed by atoms with Crippen molar-refractivity contribution in [2.45, 2.75) is 65.1 Å². The zero-order valence-corrected chi connectivity index (χ0v) is 26.8. The van der Waals surface area contributed by atoms with Crippen LogP contribution in [0.25, 0.3) is 0 Å². The number of hydrogen-bond acceptors (Lipinski definition) is 4. The lowest BCUT2D eigenvalue weighted by molar-refractivity contribution is -0.141. The molecule has 0 aliphatic heterocycles. The van der Waals surface area contributed by atoms with Crippen molar-refractivity contribution in [3.8, 4) is 0 Å². The van der Waals surface area contributed by atoms with Crippen LogP contribution in [0, 0.1) is 6.92 Å². The Morgan fingerprint density at radius 2 is 1.64 bits per heavy atom. The lowest BCUT2D eigenvalue weighted by Crippen LogP contribution is -2.52. The molecule has 3 aromatic rings. The first-order valence-corrected chi connectivity index (χ1v) is 16.6. The summed E-state index contributed by atoms with van der Waals surface area (Å²) in [6, 6.07) is 21.0. The van der Waals surface area contributed by atoms with Crippen LogP contribution in [0.1, 0.15) is 49.8 Å². The number of amides is 2. The summed E-state index contributed by atoms with van der Waals surface area (Å²) in [5.41, 5.74) is 2.86. The molecular weight excluding hydrogens is 593 g/mol. The summed E-state index contributed by atoms with van der Waals surface area (Å²) in [6.07, 6.45) is 2.46. The van der Waals surface area contributed by atoms with Gasteiger partial charge in [0.25, 0.3) is 0 Å². The highest BCUT2D eigenvalue weighted by atomic mass is 35.5. The molecular formula is C32H39Cl2N3O4S. The van der Waals surface area contributed by atoms with Crippen LogP contribution in [-0.4, -0.2) is 50.0 Å². The predicted octanol–water partition coefficient (Wildman–Crippen LogP) is 6.40. The van der Waals surface area contributed by atoms with E-state index in [-0.39, 0.29) is 43.8 Å². The molecule has 0 aliphatic carbocycles. The molecule has 7 nitrogen and oxygen atoms in total. The fraction of sp³-hybridized carbons (Fsp3) is 0.375. The highest BCUT2D eigenvalue weighted by Crippen LogP contribution is 2.27. The smallest absolute Gasteiger partial charge is 0.243 e. The Hall–Kier alpha value is -3.07. The maximum absolute atomic E-state index is 14.0. The van der Waals surface area contributed by atoms with E-state index in [1.54, 1.807) is 29.2 Å². The summed E-state index contributed by atoms with van der Waals surface area (Å²) in [4.78, 5) is 29.2. The van der Waals surface area contributed by atoms with Gasteiger partial charge in [-0.2, -0.15) is 0 Å². The molecule has 3 aromatic carbocycles. The van der Waals surface area contributed by atoms with Gasteiger partial charge in [-0.3, -0.25) is 13.9 Å². The van der Waals surface area contributed by atoms with Crippen molar-refractivity contribution in [3.05, 3.63) is 99.5 Å². The molecule has 0 aromatic heterocycles. The van der Waals surface area contributed by atoms with E-state index < -0.39 is 16.1 Å². The summed E-state index contributed by atoms with van der Waals surface area (Å²) in [5.74, 6) is -0.521. The highest BCUT2D eigenvalue weighted by Gasteiger charge is 2.31. The molecule has 0 saturated heterocycles. The minimum Gasteiger partial charge on any atom is -0.352 e. The van der Waals surface area contributed by atoms with Crippen molar-refractivity contribution in [2.24, 2.45) is 0 Å². The lowest BCUT2D eigenvalue weighted by Gasteiger charge is -2.33. The molecule has 0 aliphatic rings. The highest BCUT2D eigenvalue weighted by molar-refractivity contribution is 7.92. The number of carbonyl (C=O) groups excluding carboxylic acids is 2. The molecule has 3 rings (SSSR count). The first-order chi connectivity index (χ1) is 19.9. The number of anilines is 1. The standard InChI is InChI=1S/C32H39Cl2N3O4S/c1-5-24(3)35-32(39)30(20-25-12-7-6-8-13-25)36(22-26-14-9-10-15-28(26)34)31(38)16-11-19-37(42(4,40)41)29-21-27(33)18-17-23(29)2/h6-10,12-15,17-18,21,24,30H,5,11,16,19-20,22H2,1-4H3,(H,35,39)/t24-,30+/m0/s1. The van der Waals surface area contributed by atoms with E-state index in [4.69, 9.17) is 23.2 Å². The molecule has 0 fully saturated rings. The van der Waals surface area contributed by atoms with Gasteiger partial charge in [0.05, 0.1) is 11.9 Å². The van der Waals surface area contributed by atoms with Gasteiger partial charge in [-0.1, -0.05) is 84.7 Å². The number of benzene rings is 3. The molecule has 42 heavy (non-hydrogen) atoms. The molecule has 1 N–H and O–H groups in total. The number of aryl methyl sites for hydroxylation is 1. The second kappa shape index (κ2) is 15.4. The van der Waals surface area contributed by atoms with Crippen LogP contribution >= 0.6 is 23.2 Å². The number of carbonyl (C=O) groups is 2. The SMILES string of the molecule is CC[C@H](C)NC(=O)[C@@H](Cc1ccccc1)N(Cc1ccccc1Cl)C(=O)CCCN(c1cc(Cl)ccc1C)S(C)(=O)=O. The third kappa shape index (κ3) is 9.48. The first kappa shape index (κ1) is 33.4. The third-order valence-electron chi connectivity index (χ3n) is 7.16. The van der Waals surface area contributed by atoms with Gasteiger partial charge < -0.3 is 10.2 Å². The summed E-state index contributed by atoms with van der Waals surface area (Å²) in [7, 11) is -3.65. The molecule has 10 heteroatoms. The van der Waals surface area contributed by atoms with Gasteiger partial charge in [0.2, 0.25) is 21.8 Å². The van der Waals surface area contributed by atoms with Crippen molar-refractivity contribution in [1.29, 1.82) is 0 Å². The molecule has 226 valence electrons. The number of nitrogens with one attached hydrogen (secondary N) is 1. The van der Waals surface area contributed by atoms with E-state index in [1.807, 2.05) is 69.3 Å². The molecule has 0 bridgehead atoms. The van der Waals surface area contributed by atoms with Gasteiger partial charge in [0.1, 0.15) is 6.04 Å². The summed E-state index contributed by atoms with van der Waals surface area (Å²) < 4.78 is 26.7. The van der Waals surface area contributed by atoms with Gasteiger partial charge in [-0.05, 0) is 61.6 Å². The fourth-order valence-corrected chi connectivity index (χ4v) is 6.02. The molecule has 0 unspecified atom stereocenters. The van der Waals surface area contributed by atoms with E-state index in [0.717, 1.165) is 23.8 Å². The van der Waals surface area contributed by atoms with Crippen molar-refractivity contribution in [3.63, 3.8) is 0 Å². The van der Waals surface area contributed by atoms with E-state index in [9.17, 15) is 18.0 Å². The zero-order chi connectivity index (χ0) is 30.9. The average molecular weight is 633 g/mol. The minimum absolute atomic E-state index is 0.0258. The van der Waals surface area contributed by atoms with Crippen LogP contribution in [0.15, 0.2) is 72.8 Å². The van der Waals surface area contributed by atoms with Gasteiger partial charge in [-0.15, -0.1) is 0 Å². The second-order valence-corrected chi connectivity index (χ2v) is 13.3. The van der Waals surface area contributed by atoms with E-state index in [1.165, 1.54) is 4.31 Å². The Labute approximate surface area is 259 Å². The van der Waals surface area contributed by atoms with Crippen molar-refractivity contribution in [1.82, 2.24) is 10.2 Å². The molecule has 0 saturated carbocycles. The van der Waals surface area contributed by atoms with Gasteiger partial charge in [0, 0.05) is 42.0 Å². The van der Waals surface area contributed by atoms with Gasteiger partial charge >= 0.3 is 0 Å². The average Bonchev–Trinajstić information content (AvgIpc) is 2.95. The number of sulfonamides is 1. The number of halogens is 2. The Balaban J connectivity index is 1.92. The first-order valence-electron chi connectivity index (χ1n) is 14.0. The monoisotopic (exact) mass is 631 g/mol. The quantitative estimate of drug-likeness (QED) is 0.223. The number of hydrogen-bond donors (Lipinski definition) is 1. The lowest BCUT2D eigenvalue weighted by atomic mass is 10.0. The molecule has 0 radical (unpaired) electrons. The molecule has 2 amide bonds. The Morgan fingerprint density at radius 1 is 0.976 bits per heavy atom. The molecule has 2 atom stereocenters. The largest absolute Gasteiger partial charge is 0.352 e. The normalized spacial score (nSPS) is 12.8. The van der Waals surface area contributed by atoms with Crippen LogP contribution in [-0.2, 0) is 32.6 Å². The van der Waals surface area contributed by atoms with Gasteiger partial charge in [-0.25, -0.2) is 8.42 Å². The van der Waals surface area contributed by atoms with E-state index in [0.29, 0.717) is 27.7 Å². The Bertz CT molecular complexity index is 1470. The fourth-order valence-electron chi connectivity index (χ4n) is 4.64. The topological polar surface area (TPSA) is 86.8 Å². The number of rotatable bonds is 14. The van der Waals surface area contributed by atoms with Crippen LogP contribution in [0.2, 0.25) is 10.0 Å². The van der Waals surface area contributed by atoms with Crippen molar-refractivity contribution >= 4 is 50.7 Å². The van der Waals surface area contributed by atoms with Crippen LogP contribution < -0.4 is 9.62 Å². The van der Waals surface area contributed by atoms with Crippen LogP contribution in [0.3, 0.4) is 0 Å². The van der Waals surface area contributed by atoms with Crippen LogP contribution in [0.5, 0.6) is 0 Å². The maximum atomic E-state index is 14.0. The van der Waals surface area contributed by atoms with Gasteiger partial charge in [0.15, 0.2) is 0 Å². The Kier molecular flexibility index (Phi) is 12.3. The third-order valence-corrected chi connectivity index (χ3v) is 8.95. The minimum atomic E-state index is -3.65. The predicted molar refractivity (Wildman–Crippen MR) is 171 cm³/mol. The second-order valence-electron chi connectivity index (χ2n) is 10.5. The van der Waals surface area contributed by atoms with Crippen LogP contribution in [0.4, 0.5) is 5.69 Å². The molecule has 0 heterocycles. The zero-order valence-electron chi connectivity index (χ0n) is 24.5. The summed E-state index contributed by atoms with van der Waals surface area (Å²) >= 11 is 12.7. The maximum Gasteiger partial charge on any atom is 0.243 e. The van der Waals surface area contributed by atoms with E-state index >= 15 is 0 Å². The summed E-state index contributed by atoms with van der Waals surface area (Å²) in [6.45, 7) is 5.93. The van der Waals surface area contributed by atoms with Crippen molar-refractivity contribution < 1.29 is 18.0 Å². The van der Waals surface area contributed by atoms with Crippen molar-refractivity contribution in [2.75, 3.05) is 17.1 Å². The van der Waals surface area contributed by atoms with E-state index in [2.05, 4.69) is 5.32 Å². The molecule has 0 spiro atoms.